The second kappa shape index (κ2) is 10.8. The van der Waals surface area contributed by atoms with Crippen molar-refractivity contribution in [3.63, 3.8) is 0 Å². The fourth-order valence-electron chi connectivity index (χ4n) is 2.69. The van der Waals surface area contributed by atoms with Crippen molar-refractivity contribution in [2.24, 2.45) is 11.8 Å². The van der Waals surface area contributed by atoms with Crippen LogP contribution in [0.5, 0.6) is 0 Å². The third-order valence-corrected chi connectivity index (χ3v) is 6.51. The van der Waals surface area contributed by atoms with Gasteiger partial charge in [0.05, 0.1) is 0 Å². The smallest absolute Gasteiger partial charge is 0.347 e. The Bertz CT molecular complexity index is 583. The average Bonchev–Trinajstić information content (AvgIpc) is 2.62. The van der Waals surface area contributed by atoms with Gasteiger partial charge < -0.3 is 13.8 Å². The summed E-state index contributed by atoms with van der Waals surface area (Å²) in [5.74, 6) is -0.774. The van der Waals surface area contributed by atoms with Crippen molar-refractivity contribution in [1.29, 1.82) is 0 Å². The van der Waals surface area contributed by atoms with E-state index in [0.29, 0.717) is 6.42 Å². The van der Waals surface area contributed by atoms with E-state index in [9.17, 15) is 9.36 Å². The van der Waals surface area contributed by atoms with Crippen LogP contribution in [0.2, 0.25) is 0 Å². The topological polar surface area (TPSA) is 73.9 Å². The lowest BCUT2D eigenvalue weighted by Gasteiger charge is -2.31. The molecule has 148 valence electrons. The minimum absolute atomic E-state index is 0.0580. The van der Waals surface area contributed by atoms with Crippen LogP contribution in [0, 0.1) is 11.8 Å². The molecule has 0 heterocycles. The van der Waals surface area contributed by atoms with E-state index in [1.165, 1.54) is 14.2 Å². The van der Waals surface area contributed by atoms with Gasteiger partial charge in [-0.25, -0.2) is 0 Å². The fourth-order valence-corrected chi connectivity index (χ4v) is 4.39. The van der Waals surface area contributed by atoms with Gasteiger partial charge in [0, 0.05) is 14.2 Å². The summed E-state index contributed by atoms with van der Waals surface area (Å²) >= 11 is 0. The predicted molar refractivity (Wildman–Crippen MR) is 103 cm³/mol. The standard InChI is InChI=1S/C19H32NO5P/c1-14(2)12-17(19(21)25-13-16-10-8-7-9-11-16)20-18(15(3)4)26(22,23-5)24-6/h7-11,14-15,17-18,20H,12-13H2,1-6H3/t17-,18?/m0/s1. The van der Waals surface area contributed by atoms with Gasteiger partial charge in [-0.2, -0.15) is 0 Å². The van der Waals surface area contributed by atoms with Gasteiger partial charge in [0.2, 0.25) is 0 Å². The van der Waals surface area contributed by atoms with Gasteiger partial charge in [-0.1, -0.05) is 58.0 Å². The van der Waals surface area contributed by atoms with E-state index < -0.39 is 19.4 Å². The maximum absolute atomic E-state index is 12.9. The molecule has 0 aromatic heterocycles. The average molecular weight is 385 g/mol. The molecule has 0 bridgehead atoms. The zero-order valence-electron chi connectivity index (χ0n) is 16.6. The van der Waals surface area contributed by atoms with Crippen LogP contribution < -0.4 is 5.32 Å². The summed E-state index contributed by atoms with van der Waals surface area (Å²) in [7, 11) is -0.673. The van der Waals surface area contributed by atoms with Gasteiger partial charge >= 0.3 is 13.6 Å². The molecule has 1 rings (SSSR count). The van der Waals surface area contributed by atoms with E-state index in [4.69, 9.17) is 13.8 Å². The molecule has 1 N–H and O–H groups in total. The molecule has 0 radical (unpaired) electrons. The predicted octanol–water partition coefficient (Wildman–Crippen LogP) is 4.20. The van der Waals surface area contributed by atoms with Gasteiger partial charge in [0.1, 0.15) is 18.4 Å². The van der Waals surface area contributed by atoms with Crippen molar-refractivity contribution in [1.82, 2.24) is 5.32 Å². The molecule has 1 aromatic rings. The number of nitrogens with one attached hydrogen (secondary N) is 1. The van der Waals surface area contributed by atoms with Crippen molar-refractivity contribution >= 4 is 13.6 Å². The number of hydrogen-bond donors (Lipinski definition) is 1. The number of ether oxygens (including phenoxy) is 1. The van der Waals surface area contributed by atoms with Gasteiger partial charge in [-0.15, -0.1) is 0 Å². The van der Waals surface area contributed by atoms with Crippen LogP contribution >= 0.6 is 7.60 Å². The normalized spacial score (nSPS) is 14.5. The molecule has 1 unspecified atom stereocenters. The van der Waals surface area contributed by atoms with Crippen LogP contribution in [-0.2, 0) is 29.8 Å². The molecule has 0 aliphatic carbocycles. The molecule has 0 saturated carbocycles. The van der Waals surface area contributed by atoms with Gasteiger partial charge in [-0.3, -0.25) is 14.7 Å². The molecule has 0 spiro atoms. The highest BCUT2D eigenvalue weighted by atomic mass is 31.2. The molecular formula is C19H32NO5P. The Morgan fingerprint density at radius 2 is 1.65 bits per heavy atom. The number of benzene rings is 1. The maximum atomic E-state index is 12.9. The highest BCUT2D eigenvalue weighted by Gasteiger charge is 2.39. The molecule has 0 aliphatic heterocycles. The van der Waals surface area contributed by atoms with Crippen molar-refractivity contribution in [3.8, 4) is 0 Å². The summed E-state index contributed by atoms with van der Waals surface area (Å²) in [6.45, 7) is 8.06. The summed E-state index contributed by atoms with van der Waals surface area (Å²) in [6.07, 6.45) is 0.560. The lowest BCUT2D eigenvalue weighted by atomic mass is 10.0. The van der Waals surface area contributed by atoms with Crippen molar-refractivity contribution in [2.75, 3.05) is 14.2 Å². The third-order valence-electron chi connectivity index (χ3n) is 4.07. The van der Waals surface area contributed by atoms with Crippen LogP contribution in [0.25, 0.3) is 0 Å². The second-order valence-corrected chi connectivity index (χ2v) is 9.40. The number of rotatable bonds is 11. The lowest BCUT2D eigenvalue weighted by molar-refractivity contribution is -0.148. The van der Waals surface area contributed by atoms with Crippen molar-refractivity contribution < 1.29 is 23.1 Å². The molecular weight excluding hydrogens is 353 g/mol. The summed E-state index contributed by atoms with van der Waals surface area (Å²) in [5, 5.41) is 3.18. The minimum Gasteiger partial charge on any atom is -0.460 e. The number of carbonyl (C=O) groups excluding carboxylic acids is 1. The number of carbonyl (C=O) groups is 1. The molecule has 0 saturated heterocycles. The molecule has 2 atom stereocenters. The van der Waals surface area contributed by atoms with Gasteiger partial charge in [0.15, 0.2) is 0 Å². The Labute approximate surface area is 157 Å². The minimum atomic E-state index is -3.38. The first kappa shape index (κ1) is 22.8. The summed E-state index contributed by atoms with van der Waals surface area (Å²) in [6, 6.07) is 8.92. The monoisotopic (exact) mass is 385 g/mol. The van der Waals surface area contributed by atoms with Crippen molar-refractivity contribution in [3.05, 3.63) is 35.9 Å². The highest BCUT2D eigenvalue weighted by Crippen LogP contribution is 2.53. The Kier molecular flexibility index (Phi) is 9.51. The van der Waals surface area contributed by atoms with Gasteiger partial charge in [-0.05, 0) is 23.8 Å². The van der Waals surface area contributed by atoms with E-state index in [1.807, 2.05) is 58.0 Å². The van der Waals surface area contributed by atoms with E-state index in [1.54, 1.807) is 0 Å². The first-order chi connectivity index (χ1) is 12.2. The largest absolute Gasteiger partial charge is 0.460 e. The van der Waals surface area contributed by atoms with Crippen LogP contribution in [0.1, 0.15) is 39.7 Å². The SMILES string of the molecule is COP(=O)(OC)C(N[C@@H](CC(C)C)C(=O)OCc1ccccc1)C(C)C. The highest BCUT2D eigenvalue weighted by molar-refractivity contribution is 7.54. The zero-order chi connectivity index (χ0) is 19.7. The van der Waals surface area contributed by atoms with E-state index in [0.717, 1.165) is 5.56 Å². The Balaban J connectivity index is 2.89. The molecule has 0 amide bonds. The van der Waals surface area contributed by atoms with Crippen LogP contribution in [0.3, 0.4) is 0 Å². The Morgan fingerprint density at radius 1 is 1.08 bits per heavy atom. The Hall–Kier alpha value is -1.20. The summed E-state index contributed by atoms with van der Waals surface area (Å²) in [4.78, 5) is 12.7. The molecule has 0 aliphatic rings. The summed E-state index contributed by atoms with van der Waals surface area (Å²) < 4.78 is 28.6. The molecule has 7 heteroatoms. The van der Waals surface area contributed by atoms with Gasteiger partial charge in [0.25, 0.3) is 0 Å². The first-order valence-corrected chi connectivity index (χ1v) is 10.5. The second-order valence-electron chi connectivity index (χ2n) is 7.04. The lowest BCUT2D eigenvalue weighted by Crippen LogP contribution is -2.47. The molecule has 1 aromatic carbocycles. The zero-order valence-corrected chi connectivity index (χ0v) is 17.5. The first-order valence-electron chi connectivity index (χ1n) is 8.91. The van der Waals surface area contributed by atoms with E-state index in [-0.39, 0.29) is 24.4 Å². The number of hydrogen-bond acceptors (Lipinski definition) is 6. The Morgan fingerprint density at radius 3 is 2.12 bits per heavy atom. The number of esters is 1. The quantitative estimate of drug-likeness (QED) is 0.455. The van der Waals surface area contributed by atoms with Crippen molar-refractivity contribution in [2.45, 2.75) is 52.5 Å². The maximum Gasteiger partial charge on any atom is 0.347 e. The van der Waals surface area contributed by atoms with Crippen LogP contribution in [0.15, 0.2) is 30.3 Å². The van der Waals surface area contributed by atoms with E-state index in [2.05, 4.69) is 5.32 Å². The van der Waals surface area contributed by atoms with Crippen LogP contribution in [0.4, 0.5) is 0 Å². The summed E-state index contributed by atoms with van der Waals surface area (Å²) in [5.41, 5.74) is 0.920. The molecule has 0 fully saturated rings. The molecule has 6 nitrogen and oxygen atoms in total. The fraction of sp³-hybridized carbons (Fsp3) is 0.632. The van der Waals surface area contributed by atoms with Crippen LogP contribution in [-0.4, -0.2) is 32.0 Å². The molecule has 26 heavy (non-hydrogen) atoms. The van der Waals surface area contributed by atoms with E-state index >= 15 is 0 Å². The third kappa shape index (κ3) is 6.84.